The van der Waals surface area contributed by atoms with Gasteiger partial charge in [-0.05, 0) is 37.0 Å². The van der Waals surface area contributed by atoms with Crippen LogP contribution >= 0.6 is 15.9 Å². The van der Waals surface area contributed by atoms with Gasteiger partial charge in [-0.25, -0.2) is 13.1 Å². The SMILES string of the molecule is COc1ccc(Br)cc1S(=O)(=O)N[C@H]1CCCC[C@@H]1C. The Balaban J connectivity index is 2.28. The molecule has 0 saturated heterocycles. The van der Waals surface area contributed by atoms with E-state index in [1.54, 1.807) is 18.2 Å². The Hall–Kier alpha value is -0.590. The first-order chi connectivity index (χ1) is 9.44. The van der Waals surface area contributed by atoms with Crippen molar-refractivity contribution >= 4 is 26.0 Å². The molecule has 0 amide bonds. The third-order valence-corrected chi connectivity index (χ3v) is 5.84. The van der Waals surface area contributed by atoms with Crippen LogP contribution in [0.3, 0.4) is 0 Å². The van der Waals surface area contributed by atoms with Crippen LogP contribution in [-0.2, 0) is 10.0 Å². The number of nitrogens with one attached hydrogen (secondary N) is 1. The topological polar surface area (TPSA) is 55.4 Å². The van der Waals surface area contributed by atoms with Gasteiger partial charge in [0.2, 0.25) is 10.0 Å². The van der Waals surface area contributed by atoms with E-state index in [4.69, 9.17) is 4.74 Å². The van der Waals surface area contributed by atoms with Gasteiger partial charge >= 0.3 is 0 Å². The van der Waals surface area contributed by atoms with Crippen molar-refractivity contribution in [3.05, 3.63) is 22.7 Å². The number of sulfonamides is 1. The Bertz CT molecular complexity index is 574. The molecule has 0 aliphatic heterocycles. The van der Waals surface area contributed by atoms with Crippen LogP contribution in [0.2, 0.25) is 0 Å². The van der Waals surface area contributed by atoms with Gasteiger partial charge in [0.25, 0.3) is 0 Å². The summed E-state index contributed by atoms with van der Waals surface area (Å²) in [7, 11) is -2.09. The van der Waals surface area contributed by atoms with Crippen LogP contribution in [0.15, 0.2) is 27.6 Å². The zero-order valence-corrected chi connectivity index (χ0v) is 14.1. The van der Waals surface area contributed by atoms with E-state index in [0.29, 0.717) is 11.7 Å². The average molecular weight is 362 g/mol. The molecule has 20 heavy (non-hydrogen) atoms. The third-order valence-electron chi connectivity index (χ3n) is 3.83. The molecular formula is C14H20BrNO3S. The van der Waals surface area contributed by atoms with E-state index in [1.807, 2.05) is 0 Å². The van der Waals surface area contributed by atoms with Crippen molar-refractivity contribution in [2.75, 3.05) is 7.11 Å². The fourth-order valence-electron chi connectivity index (χ4n) is 2.61. The van der Waals surface area contributed by atoms with Crippen LogP contribution < -0.4 is 9.46 Å². The van der Waals surface area contributed by atoms with Crippen molar-refractivity contribution < 1.29 is 13.2 Å². The maximum absolute atomic E-state index is 12.6. The first-order valence-electron chi connectivity index (χ1n) is 6.80. The molecule has 1 aromatic rings. The largest absolute Gasteiger partial charge is 0.495 e. The molecule has 1 aliphatic rings. The molecule has 0 aromatic heterocycles. The van der Waals surface area contributed by atoms with Gasteiger partial charge in [0.15, 0.2) is 0 Å². The van der Waals surface area contributed by atoms with Crippen molar-refractivity contribution in [3.8, 4) is 5.75 Å². The maximum Gasteiger partial charge on any atom is 0.244 e. The van der Waals surface area contributed by atoms with Gasteiger partial charge in [-0.15, -0.1) is 0 Å². The summed E-state index contributed by atoms with van der Waals surface area (Å²) in [6.07, 6.45) is 4.23. The minimum atomic E-state index is -3.56. The Labute approximate surface area is 129 Å². The second-order valence-electron chi connectivity index (χ2n) is 5.28. The lowest BCUT2D eigenvalue weighted by Crippen LogP contribution is -2.41. The van der Waals surface area contributed by atoms with Crippen molar-refractivity contribution in [2.45, 2.75) is 43.5 Å². The predicted molar refractivity (Wildman–Crippen MR) is 82.4 cm³/mol. The van der Waals surface area contributed by atoms with Crippen LogP contribution in [0, 0.1) is 5.92 Å². The van der Waals surface area contributed by atoms with E-state index in [9.17, 15) is 8.42 Å². The molecule has 4 nitrogen and oxygen atoms in total. The van der Waals surface area contributed by atoms with Gasteiger partial charge in [-0.2, -0.15) is 0 Å². The molecule has 0 radical (unpaired) electrons. The fourth-order valence-corrected chi connectivity index (χ4v) is 4.70. The van der Waals surface area contributed by atoms with Crippen LogP contribution in [0.25, 0.3) is 0 Å². The van der Waals surface area contributed by atoms with E-state index < -0.39 is 10.0 Å². The summed E-state index contributed by atoms with van der Waals surface area (Å²) in [6, 6.07) is 5.01. The summed E-state index contributed by atoms with van der Waals surface area (Å²) in [5.41, 5.74) is 0. The summed E-state index contributed by atoms with van der Waals surface area (Å²) in [4.78, 5) is 0.187. The van der Waals surface area contributed by atoms with Crippen LogP contribution in [0.4, 0.5) is 0 Å². The monoisotopic (exact) mass is 361 g/mol. The minimum absolute atomic E-state index is 0.0115. The van der Waals surface area contributed by atoms with Crippen LogP contribution in [0.1, 0.15) is 32.6 Å². The molecule has 0 unspecified atom stereocenters. The highest BCUT2D eigenvalue weighted by Crippen LogP contribution is 2.30. The summed E-state index contributed by atoms with van der Waals surface area (Å²) >= 11 is 3.31. The van der Waals surface area contributed by atoms with E-state index in [0.717, 1.165) is 23.7 Å². The van der Waals surface area contributed by atoms with E-state index in [2.05, 4.69) is 27.6 Å². The molecule has 112 valence electrons. The molecule has 1 saturated carbocycles. The quantitative estimate of drug-likeness (QED) is 0.894. The summed E-state index contributed by atoms with van der Waals surface area (Å²) in [6.45, 7) is 2.10. The van der Waals surface area contributed by atoms with Gasteiger partial charge < -0.3 is 4.74 Å². The number of hydrogen-bond acceptors (Lipinski definition) is 3. The fraction of sp³-hybridized carbons (Fsp3) is 0.571. The zero-order valence-electron chi connectivity index (χ0n) is 11.7. The highest BCUT2D eigenvalue weighted by atomic mass is 79.9. The normalized spacial score (nSPS) is 23.6. The van der Waals surface area contributed by atoms with E-state index in [1.165, 1.54) is 13.5 Å². The number of benzene rings is 1. The lowest BCUT2D eigenvalue weighted by atomic mass is 9.87. The standard InChI is InChI=1S/C14H20BrNO3S/c1-10-5-3-4-6-12(10)16-20(17,18)14-9-11(15)7-8-13(14)19-2/h7-10,12,16H,3-6H2,1-2H3/t10-,12-/m0/s1. The Kier molecular flexibility index (Phi) is 5.09. The molecule has 0 bridgehead atoms. The van der Waals surface area contributed by atoms with Gasteiger partial charge in [-0.3, -0.25) is 0 Å². The second kappa shape index (κ2) is 6.45. The van der Waals surface area contributed by atoms with Gasteiger partial charge in [0.1, 0.15) is 10.6 Å². The lowest BCUT2D eigenvalue weighted by molar-refractivity contribution is 0.310. The smallest absolute Gasteiger partial charge is 0.244 e. The molecule has 2 rings (SSSR count). The highest BCUT2D eigenvalue weighted by Gasteiger charge is 2.28. The molecule has 1 aromatic carbocycles. The zero-order chi connectivity index (χ0) is 14.8. The molecule has 2 atom stereocenters. The van der Waals surface area contributed by atoms with Gasteiger partial charge in [0.05, 0.1) is 7.11 Å². The third kappa shape index (κ3) is 3.54. The van der Waals surface area contributed by atoms with Gasteiger partial charge in [-0.1, -0.05) is 35.7 Å². The first-order valence-corrected chi connectivity index (χ1v) is 9.07. The maximum atomic E-state index is 12.6. The molecule has 0 spiro atoms. The summed E-state index contributed by atoms with van der Waals surface area (Å²) in [5.74, 6) is 0.737. The van der Waals surface area contributed by atoms with Crippen LogP contribution in [0.5, 0.6) is 5.75 Å². The first kappa shape index (κ1) is 15.8. The summed E-state index contributed by atoms with van der Waals surface area (Å²) in [5, 5.41) is 0. The summed E-state index contributed by atoms with van der Waals surface area (Å²) < 4.78 is 33.8. The Morgan fingerprint density at radius 3 is 2.65 bits per heavy atom. The number of ether oxygens (including phenoxy) is 1. The van der Waals surface area contributed by atoms with E-state index in [-0.39, 0.29) is 10.9 Å². The molecule has 1 N–H and O–H groups in total. The highest BCUT2D eigenvalue weighted by molar-refractivity contribution is 9.10. The average Bonchev–Trinajstić information content (AvgIpc) is 2.41. The number of rotatable bonds is 4. The molecule has 1 aliphatic carbocycles. The predicted octanol–water partition coefficient (Wildman–Crippen LogP) is 3.31. The Morgan fingerprint density at radius 2 is 2.00 bits per heavy atom. The number of hydrogen-bond donors (Lipinski definition) is 1. The minimum Gasteiger partial charge on any atom is -0.495 e. The lowest BCUT2D eigenvalue weighted by Gasteiger charge is -2.29. The molecule has 1 fully saturated rings. The Morgan fingerprint density at radius 1 is 1.30 bits per heavy atom. The molecular weight excluding hydrogens is 342 g/mol. The van der Waals surface area contributed by atoms with Gasteiger partial charge in [0, 0.05) is 10.5 Å². The molecule has 6 heteroatoms. The van der Waals surface area contributed by atoms with Crippen molar-refractivity contribution in [2.24, 2.45) is 5.92 Å². The van der Waals surface area contributed by atoms with Crippen molar-refractivity contribution in [1.29, 1.82) is 0 Å². The number of halogens is 1. The van der Waals surface area contributed by atoms with Crippen molar-refractivity contribution in [3.63, 3.8) is 0 Å². The molecule has 0 heterocycles. The van der Waals surface area contributed by atoms with Crippen LogP contribution in [-0.4, -0.2) is 21.6 Å². The second-order valence-corrected chi connectivity index (χ2v) is 7.88. The van der Waals surface area contributed by atoms with Crippen molar-refractivity contribution in [1.82, 2.24) is 4.72 Å². The van der Waals surface area contributed by atoms with E-state index >= 15 is 0 Å². The number of methoxy groups -OCH3 is 1.